The molecule has 0 rings (SSSR count). The Morgan fingerprint density at radius 3 is 2.53 bits per heavy atom. The number of aliphatic carboxylic acids is 1. The van der Waals surface area contributed by atoms with Crippen LogP contribution in [0.25, 0.3) is 0 Å². The van der Waals surface area contributed by atoms with Crippen LogP contribution in [0.15, 0.2) is 0 Å². The predicted molar refractivity (Wildman–Crippen MR) is 53.7 cm³/mol. The molecule has 0 unspecified atom stereocenters. The highest BCUT2D eigenvalue weighted by molar-refractivity contribution is 7.87. The molecule has 0 aliphatic carbocycles. The van der Waals surface area contributed by atoms with Gasteiger partial charge in [-0.3, -0.25) is 4.79 Å². The topological polar surface area (TPSA) is 95.9 Å². The van der Waals surface area contributed by atoms with Crippen molar-refractivity contribution in [2.75, 3.05) is 33.4 Å². The second-order valence-electron chi connectivity index (χ2n) is 2.71. The van der Waals surface area contributed by atoms with Crippen molar-refractivity contribution in [3.8, 4) is 0 Å². The monoisotopic (exact) mass is 240 g/mol. The van der Waals surface area contributed by atoms with Crippen LogP contribution in [-0.4, -0.2) is 57.1 Å². The van der Waals surface area contributed by atoms with Gasteiger partial charge in [0.05, 0.1) is 6.61 Å². The molecule has 0 aromatic carbocycles. The predicted octanol–water partition coefficient (Wildman–Crippen LogP) is -1.13. The lowest BCUT2D eigenvalue weighted by atomic mass is 10.6. The van der Waals surface area contributed by atoms with E-state index < -0.39 is 22.7 Å². The van der Waals surface area contributed by atoms with Crippen LogP contribution in [0.5, 0.6) is 0 Å². The fourth-order valence-electron chi connectivity index (χ4n) is 0.882. The van der Waals surface area contributed by atoms with E-state index in [4.69, 9.17) is 5.11 Å². The molecule has 2 N–H and O–H groups in total. The SMILES string of the molecule is CCN(CC(=O)O)S(=O)(=O)NCCOC. The first-order valence-electron chi connectivity index (χ1n) is 4.39. The van der Waals surface area contributed by atoms with Gasteiger partial charge in [0, 0.05) is 20.2 Å². The Kier molecular flexibility index (Phi) is 6.41. The van der Waals surface area contributed by atoms with Crippen LogP contribution in [0.2, 0.25) is 0 Å². The Bertz CT molecular complexity index is 290. The number of carboxylic acids is 1. The fourth-order valence-corrected chi connectivity index (χ4v) is 2.03. The molecule has 0 aromatic rings. The van der Waals surface area contributed by atoms with Crippen molar-refractivity contribution in [2.24, 2.45) is 0 Å². The molecule has 0 saturated heterocycles. The Hall–Kier alpha value is -0.700. The van der Waals surface area contributed by atoms with Crippen molar-refractivity contribution in [2.45, 2.75) is 6.92 Å². The Balaban J connectivity index is 4.32. The first-order chi connectivity index (χ1) is 6.94. The molecule has 0 bridgehead atoms. The molecule has 90 valence electrons. The molecule has 0 heterocycles. The minimum Gasteiger partial charge on any atom is -0.480 e. The molecule has 0 spiro atoms. The summed E-state index contributed by atoms with van der Waals surface area (Å²) in [6.07, 6.45) is 0. The van der Waals surface area contributed by atoms with Gasteiger partial charge in [0.1, 0.15) is 6.54 Å². The van der Waals surface area contributed by atoms with Crippen LogP contribution in [0.3, 0.4) is 0 Å². The number of hydrogen-bond donors (Lipinski definition) is 2. The molecule has 0 amide bonds. The minimum atomic E-state index is -3.72. The number of methoxy groups -OCH3 is 1. The Morgan fingerprint density at radius 1 is 1.53 bits per heavy atom. The van der Waals surface area contributed by atoms with Gasteiger partial charge in [-0.15, -0.1) is 0 Å². The van der Waals surface area contributed by atoms with Gasteiger partial charge in [-0.2, -0.15) is 17.4 Å². The molecule has 0 aliphatic rings. The summed E-state index contributed by atoms with van der Waals surface area (Å²) < 4.78 is 30.7. The molecule has 0 radical (unpaired) electrons. The number of carboxylic acid groups (broad SMARTS) is 1. The summed E-state index contributed by atoms with van der Waals surface area (Å²) in [7, 11) is -2.27. The molecule has 7 nitrogen and oxygen atoms in total. The lowest BCUT2D eigenvalue weighted by Crippen LogP contribution is -2.44. The molecule has 8 heteroatoms. The van der Waals surface area contributed by atoms with Gasteiger partial charge in [0.2, 0.25) is 0 Å². The summed E-state index contributed by atoms with van der Waals surface area (Å²) in [5.41, 5.74) is 0. The molecule has 0 atom stereocenters. The van der Waals surface area contributed by atoms with Crippen molar-refractivity contribution < 1.29 is 23.1 Å². The second kappa shape index (κ2) is 6.72. The van der Waals surface area contributed by atoms with Gasteiger partial charge in [0.15, 0.2) is 0 Å². The lowest BCUT2D eigenvalue weighted by molar-refractivity contribution is -0.137. The van der Waals surface area contributed by atoms with Gasteiger partial charge in [-0.25, -0.2) is 0 Å². The number of nitrogens with zero attached hydrogens (tertiary/aromatic N) is 1. The fraction of sp³-hybridized carbons (Fsp3) is 0.857. The summed E-state index contributed by atoms with van der Waals surface area (Å²) in [6, 6.07) is 0. The van der Waals surface area contributed by atoms with E-state index in [0.29, 0.717) is 0 Å². The van der Waals surface area contributed by atoms with E-state index in [9.17, 15) is 13.2 Å². The van der Waals surface area contributed by atoms with E-state index in [2.05, 4.69) is 9.46 Å². The highest BCUT2D eigenvalue weighted by atomic mass is 32.2. The van der Waals surface area contributed by atoms with Crippen LogP contribution in [0.4, 0.5) is 0 Å². The van der Waals surface area contributed by atoms with Gasteiger partial charge < -0.3 is 9.84 Å². The van der Waals surface area contributed by atoms with Crippen LogP contribution in [-0.2, 0) is 19.7 Å². The van der Waals surface area contributed by atoms with E-state index in [1.807, 2.05) is 0 Å². The normalized spacial score (nSPS) is 11.9. The number of hydrogen-bond acceptors (Lipinski definition) is 4. The number of carbonyl (C=O) groups is 1. The molecule has 0 aromatic heterocycles. The van der Waals surface area contributed by atoms with E-state index >= 15 is 0 Å². The lowest BCUT2D eigenvalue weighted by Gasteiger charge is -2.18. The summed E-state index contributed by atoms with van der Waals surface area (Å²) in [6.45, 7) is 1.49. The third kappa shape index (κ3) is 5.67. The van der Waals surface area contributed by atoms with Crippen molar-refractivity contribution in [3.63, 3.8) is 0 Å². The summed E-state index contributed by atoms with van der Waals surface area (Å²) in [5.74, 6) is -1.19. The highest BCUT2D eigenvalue weighted by Gasteiger charge is 2.21. The smallest absolute Gasteiger partial charge is 0.318 e. The standard InChI is InChI=1S/C7H16N2O5S/c1-3-9(6-7(10)11)15(12,13)8-4-5-14-2/h8H,3-6H2,1-2H3,(H,10,11). The summed E-state index contributed by atoms with van der Waals surface area (Å²) in [5, 5.41) is 8.49. The van der Waals surface area contributed by atoms with Crippen molar-refractivity contribution in [3.05, 3.63) is 0 Å². The van der Waals surface area contributed by atoms with E-state index in [1.54, 1.807) is 6.92 Å². The Labute approximate surface area is 89.2 Å². The largest absolute Gasteiger partial charge is 0.480 e. The second-order valence-corrected chi connectivity index (χ2v) is 4.47. The zero-order valence-corrected chi connectivity index (χ0v) is 9.58. The third-order valence-corrected chi connectivity index (χ3v) is 3.23. The molecule has 0 fully saturated rings. The van der Waals surface area contributed by atoms with Crippen molar-refractivity contribution in [1.29, 1.82) is 0 Å². The molecular weight excluding hydrogens is 224 g/mol. The summed E-state index contributed by atoms with van der Waals surface area (Å²) >= 11 is 0. The van der Waals surface area contributed by atoms with Crippen LogP contribution in [0.1, 0.15) is 6.92 Å². The van der Waals surface area contributed by atoms with E-state index in [1.165, 1.54) is 7.11 Å². The number of ether oxygens (including phenoxy) is 1. The molecule has 0 saturated carbocycles. The summed E-state index contributed by atoms with van der Waals surface area (Å²) in [4.78, 5) is 10.4. The van der Waals surface area contributed by atoms with Gasteiger partial charge in [-0.05, 0) is 0 Å². The quantitative estimate of drug-likeness (QED) is 0.524. The molecule has 0 aliphatic heterocycles. The number of nitrogens with one attached hydrogen (secondary N) is 1. The molecule has 15 heavy (non-hydrogen) atoms. The average Bonchev–Trinajstić information content (AvgIpc) is 2.14. The third-order valence-electron chi connectivity index (χ3n) is 1.59. The maximum Gasteiger partial charge on any atom is 0.318 e. The van der Waals surface area contributed by atoms with Crippen molar-refractivity contribution >= 4 is 16.2 Å². The highest BCUT2D eigenvalue weighted by Crippen LogP contribution is 1.96. The average molecular weight is 240 g/mol. The zero-order valence-electron chi connectivity index (χ0n) is 8.76. The first-order valence-corrected chi connectivity index (χ1v) is 5.83. The van der Waals surface area contributed by atoms with Gasteiger partial charge >= 0.3 is 5.97 Å². The van der Waals surface area contributed by atoms with Gasteiger partial charge in [0.25, 0.3) is 10.2 Å². The number of likely N-dealkylation sites (N-methyl/N-ethyl adjacent to an activating group) is 1. The Morgan fingerprint density at radius 2 is 2.13 bits per heavy atom. The van der Waals surface area contributed by atoms with Crippen LogP contribution >= 0.6 is 0 Å². The first kappa shape index (κ1) is 14.3. The van der Waals surface area contributed by atoms with Gasteiger partial charge in [-0.1, -0.05) is 6.92 Å². The van der Waals surface area contributed by atoms with Crippen molar-refractivity contribution in [1.82, 2.24) is 9.03 Å². The van der Waals surface area contributed by atoms with Crippen LogP contribution < -0.4 is 4.72 Å². The maximum absolute atomic E-state index is 11.5. The van der Waals surface area contributed by atoms with Crippen LogP contribution in [0, 0.1) is 0 Å². The minimum absolute atomic E-state index is 0.106. The number of rotatable bonds is 8. The maximum atomic E-state index is 11.5. The molecular formula is C7H16N2O5S. The zero-order chi connectivity index (χ0) is 11.9. The van der Waals surface area contributed by atoms with E-state index in [-0.39, 0.29) is 19.7 Å². The van der Waals surface area contributed by atoms with E-state index in [0.717, 1.165) is 4.31 Å².